The number of ether oxygens (including phenoxy) is 1. The van der Waals surface area contributed by atoms with Crippen molar-refractivity contribution in [2.24, 2.45) is 0 Å². The van der Waals surface area contributed by atoms with Crippen LogP contribution in [0.4, 0.5) is 0 Å². The molecule has 0 bridgehead atoms. The lowest BCUT2D eigenvalue weighted by atomic mass is 10.3. The van der Waals surface area contributed by atoms with Crippen LogP contribution in [0, 0.1) is 0 Å². The summed E-state index contributed by atoms with van der Waals surface area (Å²) in [5, 5.41) is 1.61. The van der Waals surface area contributed by atoms with E-state index in [1.54, 1.807) is 0 Å². The van der Waals surface area contributed by atoms with Gasteiger partial charge in [-0.2, -0.15) is 23.5 Å². The first-order valence-electron chi connectivity index (χ1n) is 4.16. The summed E-state index contributed by atoms with van der Waals surface area (Å²) in [7, 11) is 0. The van der Waals surface area contributed by atoms with Crippen molar-refractivity contribution in [2.75, 3.05) is 11.5 Å². The topological polar surface area (TPSA) is 9.23 Å². The van der Waals surface area contributed by atoms with Gasteiger partial charge in [0.1, 0.15) is 0 Å². The maximum atomic E-state index is 5.86. The van der Waals surface area contributed by atoms with E-state index in [1.165, 1.54) is 11.5 Å². The van der Waals surface area contributed by atoms with Gasteiger partial charge < -0.3 is 4.74 Å². The normalized spacial score (nSPS) is 39.8. The van der Waals surface area contributed by atoms with Gasteiger partial charge in [0.2, 0.25) is 0 Å². The Morgan fingerprint density at radius 1 is 1.09 bits per heavy atom. The minimum Gasteiger partial charge on any atom is -0.373 e. The molecule has 3 heteroatoms. The Bertz CT molecular complexity index is 127. The summed E-state index contributed by atoms with van der Waals surface area (Å²) >= 11 is 4.04. The van der Waals surface area contributed by atoms with Gasteiger partial charge in [0.25, 0.3) is 0 Å². The molecular weight excluding hydrogens is 176 g/mol. The maximum Gasteiger partial charge on any atom is 0.0677 e. The largest absolute Gasteiger partial charge is 0.373 e. The Morgan fingerprint density at radius 3 is 1.73 bits per heavy atom. The Balaban J connectivity index is 1.69. The van der Waals surface area contributed by atoms with Gasteiger partial charge in [-0.25, -0.2) is 0 Å². The zero-order valence-corrected chi connectivity index (χ0v) is 8.58. The van der Waals surface area contributed by atoms with Gasteiger partial charge in [-0.3, -0.25) is 0 Å². The summed E-state index contributed by atoms with van der Waals surface area (Å²) in [6.07, 6.45) is 0.965. The zero-order chi connectivity index (χ0) is 7.84. The van der Waals surface area contributed by atoms with E-state index in [0.29, 0.717) is 12.2 Å². The Labute approximate surface area is 76.6 Å². The van der Waals surface area contributed by atoms with Crippen LogP contribution in [0.5, 0.6) is 0 Å². The van der Waals surface area contributed by atoms with E-state index in [9.17, 15) is 0 Å². The molecule has 2 heterocycles. The van der Waals surface area contributed by atoms with E-state index < -0.39 is 0 Å². The van der Waals surface area contributed by atoms with Crippen molar-refractivity contribution in [3.8, 4) is 0 Å². The van der Waals surface area contributed by atoms with Gasteiger partial charge in [-0.15, -0.1) is 0 Å². The van der Waals surface area contributed by atoms with Gasteiger partial charge >= 0.3 is 0 Å². The van der Waals surface area contributed by atoms with Gasteiger partial charge in [-0.1, -0.05) is 0 Å². The molecule has 2 rings (SSSR count). The monoisotopic (exact) mass is 190 g/mol. The highest BCUT2D eigenvalue weighted by atomic mass is 32.2. The Hall–Kier alpha value is 0.660. The first kappa shape index (κ1) is 8.27. The number of rotatable bonds is 4. The third-order valence-electron chi connectivity index (χ3n) is 2.19. The lowest BCUT2D eigenvalue weighted by Gasteiger charge is -2.16. The van der Waals surface area contributed by atoms with Crippen LogP contribution >= 0.6 is 23.5 Å². The molecule has 0 N–H and O–H groups in total. The smallest absolute Gasteiger partial charge is 0.0677 e. The highest BCUT2D eigenvalue weighted by molar-refractivity contribution is 8.07. The van der Waals surface area contributed by atoms with Crippen LogP contribution in [0.3, 0.4) is 0 Å². The maximum absolute atomic E-state index is 5.86. The molecule has 4 atom stereocenters. The van der Waals surface area contributed by atoms with Crippen molar-refractivity contribution in [1.82, 2.24) is 0 Å². The van der Waals surface area contributed by atoms with Gasteiger partial charge in [0.15, 0.2) is 0 Å². The van der Waals surface area contributed by atoms with Crippen LogP contribution in [-0.4, -0.2) is 34.2 Å². The molecule has 0 radical (unpaired) electrons. The third kappa shape index (κ3) is 2.30. The lowest BCUT2D eigenvalue weighted by Crippen LogP contribution is -2.24. The van der Waals surface area contributed by atoms with Crippen LogP contribution in [0.15, 0.2) is 0 Å². The van der Waals surface area contributed by atoms with E-state index in [-0.39, 0.29) is 0 Å². The summed E-state index contributed by atoms with van der Waals surface area (Å²) in [5.41, 5.74) is 0. The van der Waals surface area contributed by atoms with Crippen LogP contribution in [0.1, 0.15) is 13.8 Å². The Kier molecular flexibility index (Phi) is 2.40. The van der Waals surface area contributed by atoms with Crippen molar-refractivity contribution in [1.29, 1.82) is 0 Å². The summed E-state index contributed by atoms with van der Waals surface area (Å²) < 4.78 is 5.86. The molecule has 4 unspecified atom stereocenters. The Morgan fingerprint density at radius 2 is 1.45 bits per heavy atom. The summed E-state index contributed by atoms with van der Waals surface area (Å²) in [6.45, 7) is 4.41. The van der Waals surface area contributed by atoms with Gasteiger partial charge in [0, 0.05) is 22.0 Å². The van der Waals surface area contributed by atoms with E-state index in [4.69, 9.17) is 4.74 Å². The molecule has 1 nitrogen and oxygen atoms in total. The molecule has 0 aliphatic carbocycles. The molecule has 2 aliphatic rings. The average molecular weight is 190 g/mol. The zero-order valence-electron chi connectivity index (χ0n) is 6.95. The lowest BCUT2D eigenvalue weighted by molar-refractivity contribution is 0.0189. The molecule has 0 aromatic carbocycles. The standard InChI is InChI=1S/C8H14OS2/c1-5(7-3-10-7)9-6(2)8-4-11-8/h5-8H,3-4H2,1-2H3. The van der Waals surface area contributed by atoms with Crippen LogP contribution in [-0.2, 0) is 4.74 Å². The summed E-state index contributed by atoms with van der Waals surface area (Å²) in [5.74, 6) is 2.62. The third-order valence-corrected chi connectivity index (χ3v) is 4.40. The molecule has 0 saturated carbocycles. The fraction of sp³-hybridized carbons (Fsp3) is 1.00. The quantitative estimate of drug-likeness (QED) is 0.628. The van der Waals surface area contributed by atoms with E-state index in [2.05, 4.69) is 13.8 Å². The highest BCUT2D eigenvalue weighted by Crippen LogP contribution is 2.38. The highest BCUT2D eigenvalue weighted by Gasteiger charge is 2.35. The molecule has 0 amide bonds. The second-order valence-electron chi connectivity index (χ2n) is 3.29. The van der Waals surface area contributed by atoms with Crippen LogP contribution in [0.2, 0.25) is 0 Å². The number of thioether (sulfide) groups is 2. The molecule has 11 heavy (non-hydrogen) atoms. The van der Waals surface area contributed by atoms with Crippen molar-refractivity contribution in [3.63, 3.8) is 0 Å². The van der Waals surface area contributed by atoms with Gasteiger partial charge in [-0.05, 0) is 13.8 Å². The summed E-state index contributed by atoms with van der Waals surface area (Å²) in [6, 6.07) is 0. The molecule has 2 aliphatic heterocycles. The van der Waals surface area contributed by atoms with Crippen molar-refractivity contribution in [2.45, 2.75) is 36.6 Å². The molecule has 64 valence electrons. The second-order valence-corrected chi connectivity index (χ2v) is 5.83. The minimum absolute atomic E-state index is 0.483. The number of hydrogen-bond donors (Lipinski definition) is 0. The van der Waals surface area contributed by atoms with Crippen LogP contribution < -0.4 is 0 Å². The second kappa shape index (κ2) is 3.19. The first-order chi connectivity index (χ1) is 5.27. The van der Waals surface area contributed by atoms with E-state index >= 15 is 0 Å². The SMILES string of the molecule is CC(OC(C)C1CS1)C1CS1. The molecule has 0 aromatic heterocycles. The minimum atomic E-state index is 0.483. The predicted molar refractivity (Wildman–Crippen MR) is 52.5 cm³/mol. The molecule has 2 saturated heterocycles. The predicted octanol–water partition coefficient (Wildman–Crippen LogP) is 2.01. The van der Waals surface area contributed by atoms with E-state index in [0.717, 1.165) is 10.5 Å². The van der Waals surface area contributed by atoms with Crippen molar-refractivity contribution >= 4 is 23.5 Å². The molecular formula is C8H14OS2. The summed E-state index contributed by atoms with van der Waals surface area (Å²) in [4.78, 5) is 0. The molecule has 0 aromatic rings. The van der Waals surface area contributed by atoms with Crippen LogP contribution in [0.25, 0.3) is 0 Å². The van der Waals surface area contributed by atoms with Crippen molar-refractivity contribution < 1.29 is 4.74 Å². The average Bonchev–Trinajstić information content (AvgIpc) is 2.84. The fourth-order valence-electron chi connectivity index (χ4n) is 1.17. The first-order valence-corrected chi connectivity index (χ1v) is 6.26. The molecule has 0 spiro atoms. The van der Waals surface area contributed by atoms with E-state index in [1.807, 2.05) is 23.5 Å². The van der Waals surface area contributed by atoms with Gasteiger partial charge in [0.05, 0.1) is 12.2 Å². The molecule has 2 fully saturated rings. The number of hydrogen-bond acceptors (Lipinski definition) is 3. The fourth-order valence-corrected chi connectivity index (χ4v) is 2.60. The van der Waals surface area contributed by atoms with Crippen molar-refractivity contribution in [3.05, 3.63) is 0 Å².